The molecule has 7 heteroatoms. The molecule has 1 unspecified atom stereocenters. The van der Waals surface area contributed by atoms with Gasteiger partial charge in [-0.3, -0.25) is 9.78 Å². The van der Waals surface area contributed by atoms with Crippen molar-refractivity contribution in [3.05, 3.63) is 77.6 Å². The third-order valence-electron chi connectivity index (χ3n) is 5.11. The Hall–Kier alpha value is -3.74. The van der Waals surface area contributed by atoms with Gasteiger partial charge in [0.05, 0.1) is 38.3 Å². The van der Waals surface area contributed by atoms with Crippen LogP contribution in [-0.2, 0) is 6.54 Å². The van der Waals surface area contributed by atoms with Crippen LogP contribution in [0.2, 0.25) is 0 Å². The van der Waals surface area contributed by atoms with Crippen LogP contribution >= 0.6 is 0 Å². The highest BCUT2D eigenvalue weighted by molar-refractivity contribution is 5.99. The fraction of sp³-hybridized carbons (Fsp3) is 0.217. The lowest BCUT2D eigenvalue weighted by molar-refractivity contribution is 0.0727. The van der Waals surface area contributed by atoms with Crippen molar-refractivity contribution in [1.82, 2.24) is 9.88 Å². The Morgan fingerprint density at radius 1 is 0.967 bits per heavy atom. The van der Waals surface area contributed by atoms with Gasteiger partial charge in [0, 0.05) is 18.8 Å². The summed E-state index contributed by atoms with van der Waals surface area (Å²) >= 11 is 0. The van der Waals surface area contributed by atoms with Crippen LogP contribution in [0.3, 0.4) is 0 Å². The SMILES string of the molecule is COc1ccc(CN2C(=O)c3cccnc3C2Nc2ccc(OC)cc2OC)cc1. The number of ether oxygens (including phenoxy) is 3. The third kappa shape index (κ3) is 3.61. The molecule has 0 bridgehead atoms. The predicted octanol–water partition coefficient (Wildman–Crippen LogP) is 3.87. The summed E-state index contributed by atoms with van der Waals surface area (Å²) in [6.07, 6.45) is 1.27. The molecular weight excluding hydrogens is 382 g/mol. The minimum Gasteiger partial charge on any atom is -0.497 e. The van der Waals surface area contributed by atoms with Gasteiger partial charge in [0.2, 0.25) is 0 Å². The van der Waals surface area contributed by atoms with Gasteiger partial charge < -0.3 is 24.4 Å². The van der Waals surface area contributed by atoms with Gasteiger partial charge in [-0.2, -0.15) is 0 Å². The lowest BCUT2D eigenvalue weighted by atomic mass is 10.2. The standard InChI is InChI=1S/C23H23N3O4/c1-28-16-8-6-15(7-9-16)14-26-22(21-18(23(26)27)5-4-12-24-21)25-19-11-10-17(29-2)13-20(19)30-3/h4-13,22,25H,14H2,1-3H3. The highest BCUT2D eigenvalue weighted by Gasteiger charge is 2.38. The Balaban J connectivity index is 1.67. The number of carbonyl (C=O) groups is 1. The second kappa shape index (κ2) is 8.32. The minimum atomic E-state index is -0.432. The molecule has 0 saturated heterocycles. The number of hydrogen-bond donors (Lipinski definition) is 1. The summed E-state index contributed by atoms with van der Waals surface area (Å²) in [5.41, 5.74) is 3.02. The number of anilines is 1. The molecule has 154 valence electrons. The van der Waals surface area contributed by atoms with Crippen LogP contribution in [0.25, 0.3) is 0 Å². The highest BCUT2D eigenvalue weighted by atomic mass is 16.5. The van der Waals surface area contributed by atoms with Gasteiger partial charge in [0.1, 0.15) is 23.4 Å². The molecule has 2 aromatic carbocycles. The van der Waals surface area contributed by atoms with E-state index in [-0.39, 0.29) is 5.91 Å². The molecule has 1 aromatic heterocycles. The Morgan fingerprint density at radius 3 is 2.40 bits per heavy atom. The zero-order valence-electron chi connectivity index (χ0n) is 17.1. The number of aromatic nitrogens is 1. The third-order valence-corrected chi connectivity index (χ3v) is 5.11. The quantitative estimate of drug-likeness (QED) is 0.643. The summed E-state index contributed by atoms with van der Waals surface area (Å²) in [5.74, 6) is 2.01. The lowest BCUT2D eigenvalue weighted by Crippen LogP contribution is -2.32. The van der Waals surface area contributed by atoms with Crippen molar-refractivity contribution in [1.29, 1.82) is 0 Å². The van der Waals surface area contributed by atoms with E-state index in [4.69, 9.17) is 14.2 Å². The summed E-state index contributed by atoms with van der Waals surface area (Å²) in [5, 5.41) is 3.43. The maximum Gasteiger partial charge on any atom is 0.258 e. The summed E-state index contributed by atoms with van der Waals surface area (Å²) < 4.78 is 16.0. The van der Waals surface area contributed by atoms with Crippen molar-refractivity contribution in [3.63, 3.8) is 0 Å². The van der Waals surface area contributed by atoms with Crippen LogP contribution in [0, 0.1) is 0 Å². The molecule has 1 aliphatic rings. The smallest absolute Gasteiger partial charge is 0.258 e. The van der Waals surface area contributed by atoms with Crippen LogP contribution in [0.5, 0.6) is 17.2 Å². The van der Waals surface area contributed by atoms with E-state index < -0.39 is 6.17 Å². The van der Waals surface area contributed by atoms with E-state index in [1.54, 1.807) is 50.6 Å². The van der Waals surface area contributed by atoms with E-state index in [0.29, 0.717) is 29.3 Å². The monoisotopic (exact) mass is 405 g/mol. The lowest BCUT2D eigenvalue weighted by Gasteiger charge is -2.27. The normalized spacial score (nSPS) is 15.0. The Morgan fingerprint density at radius 2 is 1.70 bits per heavy atom. The first kappa shape index (κ1) is 19.6. The zero-order valence-corrected chi connectivity index (χ0v) is 17.1. The van der Waals surface area contributed by atoms with Crippen molar-refractivity contribution in [2.75, 3.05) is 26.6 Å². The Bertz CT molecular complexity index is 1050. The Labute approximate surface area is 175 Å². The number of amides is 1. The van der Waals surface area contributed by atoms with Gasteiger partial charge in [-0.25, -0.2) is 0 Å². The fourth-order valence-electron chi connectivity index (χ4n) is 3.54. The number of rotatable bonds is 7. The summed E-state index contributed by atoms with van der Waals surface area (Å²) in [6.45, 7) is 0.426. The summed E-state index contributed by atoms with van der Waals surface area (Å²) in [4.78, 5) is 19.4. The second-order valence-electron chi connectivity index (χ2n) is 6.83. The van der Waals surface area contributed by atoms with Crippen molar-refractivity contribution < 1.29 is 19.0 Å². The van der Waals surface area contributed by atoms with Crippen molar-refractivity contribution in [2.24, 2.45) is 0 Å². The number of pyridine rings is 1. The van der Waals surface area contributed by atoms with Gasteiger partial charge in [-0.15, -0.1) is 0 Å². The van der Waals surface area contributed by atoms with Gasteiger partial charge >= 0.3 is 0 Å². The molecule has 1 amide bonds. The maximum atomic E-state index is 13.1. The molecule has 30 heavy (non-hydrogen) atoms. The van der Waals surface area contributed by atoms with Gasteiger partial charge in [0.15, 0.2) is 0 Å². The summed E-state index contributed by atoms with van der Waals surface area (Å²) in [7, 11) is 4.83. The predicted molar refractivity (Wildman–Crippen MR) is 113 cm³/mol. The molecule has 1 aliphatic heterocycles. The van der Waals surface area contributed by atoms with E-state index in [9.17, 15) is 4.79 Å². The molecular formula is C23H23N3O4. The summed E-state index contributed by atoms with van der Waals surface area (Å²) in [6, 6.07) is 16.8. The first-order valence-electron chi connectivity index (χ1n) is 9.52. The highest BCUT2D eigenvalue weighted by Crippen LogP contribution is 2.37. The van der Waals surface area contributed by atoms with Gasteiger partial charge in [0.25, 0.3) is 5.91 Å². The maximum absolute atomic E-state index is 13.1. The van der Waals surface area contributed by atoms with Gasteiger partial charge in [-0.05, 0) is 42.0 Å². The van der Waals surface area contributed by atoms with Crippen LogP contribution in [-0.4, -0.2) is 37.1 Å². The van der Waals surface area contributed by atoms with Crippen LogP contribution in [0.15, 0.2) is 60.8 Å². The molecule has 7 nitrogen and oxygen atoms in total. The Kier molecular flexibility index (Phi) is 5.43. The van der Waals surface area contributed by atoms with Crippen molar-refractivity contribution >= 4 is 11.6 Å². The molecule has 0 spiro atoms. The van der Waals surface area contributed by atoms with Crippen LogP contribution < -0.4 is 19.5 Å². The number of carbonyl (C=O) groups excluding carboxylic acids is 1. The molecule has 1 atom stereocenters. The minimum absolute atomic E-state index is 0.0705. The average molecular weight is 405 g/mol. The molecule has 0 aliphatic carbocycles. The largest absolute Gasteiger partial charge is 0.497 e. The topological polar surface area (TPSA) is 72.9 Å². The second-order valence-corrected chi connectivity index (χ2v) is 6.83. The molecule has 2 heterocycles. The average Bonchev–Trinajstić information content (AvgIpc) is 3.06. The molecule has 3 aromatic rings. The van der Waals surface area contributed by atoms with Crippen LogP contribution in [0.1, 0.15) is 27.8 Å². The molecule has 4 rings (SSSR count). The van der Waals surface area contributed by atoms with E-state index in [0.717, 1.165) is 17.0 Å². The van der Waals surface area contributed by atoms with Gasteiger partial charge in [-0.1, -0.05) is 12.1 Å². The van der Waals surface area contributed by atoms with E-state index in [1.807, 2.05) is 36.4 Å². The molecule has 0 fully saturated rings. The van der Waals surface area contributed by atoms with E-state index in [1.165, 1.54) is 0 Å². The molecule has 0 saturated carbocycles. The number of benzene rings is 2. The molecule has 1 N–H and O–H groups in total. The number of nitrogens with zero attached hydrogens (tertiary/aromatic N) is 2. The van der Waals surface area contributed by atoms with E-state index >= 15 is 0 Å². The van der Waals surface area contributed by atoms with Crippen molar-refractivity contribution in [2.45, 2.75) is 12.7 Å². The molecule has 0 radical (unpaired) electrons. The number of methoxy groups -OCH3 is 3. The first-order valence-corrected chi connectivity index (χ1v) is 9.52. The van der Waals surface area contributed by atoms with Crippen molar-refractivity contribution in [3.8, 4) is 17.2 Å². The van der Waals surface area contributed by atoms with Crippen LogP contribution in [0.4, 0.5) is 5.69 Å². The van der Waals surface area contributed by atoms with E-state index in [2.05, 4.69) is 10.3 Å². The number of fused-ring (bicyclic) bond motifs is 1. The number of hydrogen-bond acceptors (Lipinski definition) is 6. The fourth-order valence-corrected chi connectivity index (χ4v) is 3.54. The zero-order chi connectivity index (χ0) is 21.1. The first-order chi connectivity index (χ1) is 14.6. The number of nitrogens with one attached hydrogen (secondary N) is 1.